The van der Waals surface area contributed by atoms with Gasteiger partial charge in [-0.25, -0.2) is 12.8 Å². The molecule has 3 rings (SSSR count). The van der Waals surface area contributed by atoms with Crippen LogP contribution in [0.15, 0.2) is 23.1 Å². The lowest BCUT2D eigenvalue weighted by atomic mass is 10.2. The maximum atomic E-state index is 14.2. The van der Waals surface area contributed by atoms with E-state index in [1.54, 1.807) is 19.1 Å². The highest BCUT2D eigenvalue weighted by molar-refractivity contribution is 7.89. The lowest BCUT2D eigenvalue weighted by molar-refractivity contribution is 0.179. The van der Waals surface area contributed by atoms with Gasteiger partial charge in [0.05, 0.1) is 0 Å². The quantitative estimate of drug-likeness (QED) is 0.892. The normalized spacial score (nSPS) is 24.7. The number of nitrogens with one attached hydrogen (secondary N) is 1. The highest BCUT2D eigenvalue weighted by atomic mass is 32.2. The summed E-state index contributed by atoms with van der Waals surface area (Å²) in [7, 11) is -3.75. The van der Waals surface area contributed by atoms with Gasteiger partial charge >= 0.3 is 0 Å². The van der Waals surface area contributed by atoms with E-state index in [9.17, 15) is 12.8 Å². The minimum Gasteiger partial charge on any atom is -0.314 e. The first-order chi connectivity index (χ1) is 10.5. The average Bonchev–Trinajstić information content (AvgIpc) is 3.01. The van der Waals surface area contributed by atoms with Crippen molar-refractivity contribution in [1.82, 2.24) is 14.5 Å². The van der Waals surface area contributed by atoms with E-state index in [2.05, 4.69) is 10.2 Å². The molecule has 0 radical (unpaired) electrons. The van der Waals surface area contributed by atoms with Crippen molar-refractivity contribution in [2.24, 2.45) is 0 Å². The molecule has 22 heavy (non-hydrogen) atoms. The number of rotatable bonds is 3. The molecular formula is C15H22FN3O2S. The molecule has 2 heterocycles. The Morgan fingerprint density at radius 3 is 2.68 bits per heavy atom. The van der Waals surface area contributed by atoms with Crippen molar-refractivity contribution in [2.45, 2.75) is 24.3 Å². The van der Waals surface area contributed by atoms with Gasteiger partial charge in [-0.05, 0) is 25.0 Å². The predicted molar refractivity (Wildman–Crippen MR) is 82.7 cm³/mol. The van der Waals surface area contributed by atoms with E-state index >= 15 is 0 Å². The summed E-state index contributed by atoms with van der Waals surface area (Å²) in [5.74, 6) is -0.631. The number of hydrogen-bond acceptors (Lipinski definition) is 4. The van der Waals surface area contributed by atoms with Gasteiger partial charge in [0.25, 0.3) is 0 Å². The first-order valence-electron chi connectivity index (χ1n) is 7.70. The second-order valence-corrected chi connectivity index (χ2v) is 7.88. The van der Waals surface area contributed by atoms with Gasteiger partial charge in [-0.1, -0.05) is 12.1 Å². The van der Waals surface area contributed by atoms with E-state index in [4.69, 9.17) is 0 Å². The van der Waals surface area contributed by atoms with E-state index < -0.39 is 15.8 Å². The van der Waals surface area contributed by atoms with E-state index in [0.29, 0.717) is 18.7 Å². The number of aryl methyl sites for hydroxylation is 1. The summed E-state index contributed by atoms with van der Waals surface area (Å²) in [5, 5.41) is 3.30. The molecule has 0 amide bonds. The van der Waals surface area contributed by atoms with Gasteiger partial charge in [-0.15, -0.1) is 0 Å². The van der Waals surface area contributed by atoms with Crippen molar-refractivity contribution in [2.75, 3.05) is 39.3 Å². The van der Waals surface area contributed by atoms with Crippen LogP contribution in [-0.4, -0.2) is 62.9 Å². The highest BCUT2D eigenvalue weighted by Gasteiger charge is 2.36. The molecule has 2 fully saturated rings. The molecule has 2 aliphatic heterocycles. The monoisotopic (exact) mass is 327 g/mol. The first kappa shape index (κ1) is 15.9. The van der Waals surface area contributed by atoms with Crippen LogP contribution in [0.2, 0.25) is 0 Å². The Kier molecular flexibility index (Phi) is 4.49. The fourth-order valence-electron chi connectivity index (χ4n) is 3.23. The molecule has 1 N–H and O–H groups in total. The van der Waals surface area contributed by atoms with Crippen LogP contribution in [0.3, 0.4) is 0 Å². The topological polar surface area (TPSA) is 52.7 Å². The zero-order valence-electron chi connectivity index (χ0n) is 12.8. The summed E-state index contributed by atoms with van der Waals surface area (Å²) in [4.78, 5) is 2.13. The molecule has 1 unspecified atom stereocenters. The zero-order chi connectivity index (χ0) is 15.7. The SMILES string of the molecule is Cc1cccc(S(=O)(=O)N2CCC(N3CCNCC3)C2)c1F. The average molecular weight is 327 g/mol. The Morgan fingerprint density at radius 2 is 1.95 bits per heavy atom. The largest absolute Gasteiger partial charge is 0.314 e. The molecule has 122 valence electrons. The van der Waals surface area contributed by atoms with Crippen LogP contribution in [0.5, 0.6) is 0 Å². The highest BCUT2D eigenvalue weighted by Crippen LogP contribution is 2.26. The van der Waals surface area contributed by atoms with E-state index in [1.165, 1.54) is 10.4 Å². The molecule has 2 saturated heterocycles. The lowest BCUT2D eigenvalue weighted by Gasteiger charge is -2.32. The minimum atomic E-state index is -3.75. The third-order valence-corrected chi connectivity index (χ3v) is 6.45. The summed E-state index contributed by atoms with van der Waals surface area (Å²) < 4.78 is 41.0. The Hall–Kier alpha value is -1.02. The molecular weight excluding hydrogens is 305 g/mol. The summed E-state index contributed by atoms with van der Waals surface area (Å²) in [6, 6.07) is 4.78. The van der Waals surface area contributed by atoms with Crippen LogP contribution < -0.4 is 5.32 Å². The number of halogens is 1. The Morgan fingerprint density at radius 1 is 1.23 bits per heavy atom. The van der Waals surface area contributed by atoms with Crippen LogP contribution in [0.1, 0.15) is 12.0 Å². The van der Waals surface area contributed by atoms with E-state index in [0.717, 1.165) is 32.6 Å². The van der Waals surface area contributed by atoms with E-state index in [1.807, 2.05) is 0 Å². The van der Waals surface area contributed by atoms with Gasteiger partial charge in [0.15, 0.2) is 0 Å². The van der Waals surface area contributed by atoms with Crippen molar-refractivity contribution in [3.8, 4) is 0 Å². The number of sulfonamides is 1. The maximum absolute atomic E-state index is 14.2. The number of hydrogen-bond donors (Lipinski definition) is 1. The standard InChI is InChI=1S/C15H22FN3O2S/c1-12-3-2-4-14(15(12)16)22(20,21)19-8-5-13(11-19)18-9-6-17-7-10-18/h2-4,13,17H,5-11H2,1H3. The molecule has 0 saturated carbocycles. The Balaban J connectivity index is 1.78. The molecule has 1 atom stereocenters. The molecule has 0 aromatic heterocycles. The van der Waals surface area contributed by atoms with Crippen molar-refractivity contribution in [3.63, 3.8) is 0 Å². The summed E-state index contributed by atoms with van der Waals surface area (Å²) >= 11 is 0. The summed E-state index contributed by atoms with van der Waals surface area (Å²) in [5.41, 5.74) is 0.360. The van der Waals surface area contributed by atoms with Crippen molar-refractivity contribution < 1.29 is 12.8 Å². The Bertz CT molecular complexity index is 644. The van der Waals surface area contributed by atoms with Gasteiger partial charge in [0.2, 0.25) is 10.0 Å². The van der Waals surface area contributed by atoms with Crippen LogP contribution >= 0.6 is 0 Å². The number of piperazine rings is 1. The van der Waals surface area contributed by atoms with Crippen LogP contribution in [0, 0.1) is 12.7 Å². The molecule has 1 aromatic rings. The molecule has 1 aromatic carbocycles. The summed E-state index contributed by atoms with van der Waals surface area (Å²) in [6.45, 7) is 6.27. The molecule has 0 spiro atoms. The second-order valence-electron chi connectivity index (χ2n) is 5.98. The van der Waals surface area contributed by atoms with Crippen LogP contribution in [-0.2, 0) is 10.0 Å². The van der Waals surface area contributed by atoms with Crippen molar-refractivity contribution in [3.05, 3.63) is 29.6 Å². The molecule has 2 aliphatic rings. The third kappa shape index (κ3) is 2.90. The number of benzene rings is 1. The van der Waals surface area contributed by atoms with Crippen LogP contribution in [0.25, 0.3) is 0 Å². The fourth-order valence-corrected chi connectivity index (χ4v) is 4.86. The third-order valence-electron chi connectivity index (χ3n) is 4.57. The van der Waals surface area contributed by atoms with Gasteiger partial charge in [0.1, 0.15) is 10.7 Å². The Labute approximate surface area is 131 Å². The smallest absolute Gasteiger partial charge is 0.246 e. The molecule has 5 nitrogen and oxygen atoms in total. The minimum absolute atomic E-state index is 0.200. The second kappa shape index (κ2) is 6.23. The predicted octanol–water partition coefficient (Wildman–Crippen LogP) is 0.802. The maximum Gasteiger partial charge on any atom is 0.246 e. The zero-order valence-corrected chi connectivity index (χ0v) is 13.6. The van der Waals surface area contributed by atoms with Gasteiger partial charge in [-0.2, -0.15) is 4.31 Å². The van der Waals surface area contributed by atoms with Gasteiger partial charge < -0.3 is 5.32 Å². The van der Waals surface area contributed by atoms with Gasteiger partial charge in [-0.3, -0.25) is 4.90 Å². The molecule has 0 bridgehead atoms. The first-order valence-corrected chi connectivity index (χ1v) is 9.14. The van der Waals surface area contributed by atoms with Gasteiger partial charge in [0, 0.05) is 45.3 Å². The fraction of sp³-hybridized carbons (Fsp3) is 0.600. The lowest BCUT2D eigenvalue weighted by Crippen LogP contribution is -2.49. The van der Waals surface area contributed by atoms with Crippen molar-refractivity contribution >= 4 is 10.0 Å². The molecule has 0 aliphatic carbocycles. The van der Waals surface area contributed by atoms with E-state index in [-0.39, 0.29) is 10.9 Å². The van der Waals surface area contributed by atoms with Crippen molar-refractivity contribution in [1.29, 1.82) is 0 Å². The summed E-state index contributed by atoms with van der Waals surface area (Å²) in [6.07, 6.45) is 0.812. The number of nitrogens with zero attached hydrogens (tertiary/aromatic N) is 2. The molecule has 7 heteroatoms. The van der Waals surface area contributed by atoms with Crippen LogP contribution in [0.4, 0.5) is 4.39 Å².